The Morgan fingerprint density at radius 3 is 2.18 bits per heavy atom. The quantitative estimate of drug-likeness (QED) is 0.492. The molecule has 33 heavy (non-hydrogen) atoms. The van der Waals surface area contributed by atoms with Gasteiger partial charge in [-0.1, -0.05) is 11.6 Å². The van der Waals surface area contributed by atoms with Gasteiger partial charge >= 0.3 is 6.03 Å². The van der Waals surface area contributed by atoms with Crippen molar-refractivity contribution in [3.63, 3.8) is 0 Å². The summed E-state index contributed by atoms with van der Waals surface area (Å²) in [6, 6.07) is 12.5. The standard InChI is InChI=1S/C22H26ClN5O4S/c1-27(2)20(26-33(3,31)32)15-6-10-17(11-7-15)24-21(29)19-5-4-14-28(19)22(30)25-18-12-8-16(23)9-13-18/h6-13,19H,4-5,14H2,1-3H3,(H,24,29)(H,25,30)/b26-20+/t19-/m1/s1. The van der Waals surface area contributed by atoms with E-state index in [0.29, 0.717) is 34.9 Å². The van der Waals surface area contributed by atoms with Crippen LogP contribution in [-0.4, -0.2) is 68.9 Å². The molecule has 1 heterocycles. The van der Waals surface area contributed by atoms with Crippen molar-refractivity contribution < 1.29 is 18.0 Å². The molecule has 0 radical (unpaired) electrons. The van der Waals surface area contributed by atoms with Gasteiger partial charge in [-0.05, 0) is 61.4 Å². The lowest BCUT2D eigenvalue weighted by Gasteiger charge is -2.24. The van der Waals surface area contributed by atoms with E-state index in [0.717, 1.165) is 12.7 Å². The van der Waals surface area contributed by atoms with Crippen LogP contribution in [0.4, 0.5) is 16.2 Å². The number of benzene rings is 2. The van der Waals surface area contributed by atoms with E-state index in [-0.39, 0.29) is 17.8 Å². The van der Waals surface area contributed by atoms with E-state index >= 15 is 0 Å². The molecule has 1 atom stereocenters. The van der Waals surface area contributed by atoms with E-state index in [4.69, 9.17) is 11.6 Å². The highest BCUT2D eigenvalue weighted by molar-refractivity contribution is 7.89. The molecule has 176 valence electrons. The van der Waals surface area contributed by atoms with Crippen LogP contribution in [0.15, 0.2) is 52.9 Å². The van der Waals surface area contributed by atoms with Crippen LogP contribution in [-0.2, 0) is 14.8 Å². The molecular formula is C22H26ClN5O4S. The fourth-order valence-corrected chi connectivity index (χ4v) is 4.20. The average molecular weight is 492 g/mol. The van der Waals surface area contributed by atoms with Crippen LogP contribution >= 0.6 is 11.6 Å². The predicted molar refractivity (Wildman–Crippen MR) is 130 cm³/mol. The number of anilines is 2. The number of urea groups is 1. The first kappa shape index (κ1) is 24.5. The summed E-state index contributed by atoms with van der Waals surface area (Å²) >= 11 is 5.88. The minimum atomic E-state index is -3.57. The lowest BCUT2D eigenvalue weighted by molar-refractivity contribution is -0.119. The fourth-order valence-electron chi connectivity index (χ4n) is 3.49. The second-order valence-corrected chi connectivity index (χ2v) is 9.98. The maximum Gasteiger partial charge on any atom is 0.322 e. The molecule has 0 aromatic heterocycles. The van der Waals surface area contributed by atoms with Crippen molar-refractivity contribution in [2.24, 2.45) is 4.40 Å². The number of carbonyl (C=O) groups is 2. The van der Waals surface area contributed by atoms with Crippen LogP contribution in [0.3, 0.4) is 0 Å². The number of amides is 3. The van der Waals surface area contributed by atoms with Crippen molar-refractivity contribution >= 4 is 50.8 Å². The van der Waals surface area contributed by atoms with E-state index in [1.54, 1.807) is 67.5 Å². The number of amidine groups is 1. The summed E-state index contributed by atoms with van der Waals surface area (Å²) < 4.78 is 26.9. The number of sulfonamides is 1. The largest absolute Gasteiger partial charge is 0.362 e. The van der Waals surface area contributed by atoms with E-state index in [9.17, 15) is 18.0 Å². The molecule has 2 aromatic carbocycles. The molecule has 0 saturated carbocycles. The number of likely N-dealkylation sites (tertiary alicyclic amines) is 1. The van der Waals surface area contributed by atoms with Gasteiger partial charge in [0.15, 0.2) is 0 Å². The topological polar surface area (TPSA) is 111 Å². The summed E-state index contributed by atoms with van der Waals surface area (Å²) in [5.41, 5.74) is 1.72. The second kappa shape index (κ2) is 10.2. The Morgan fingerprint density at radius 2 is 1.61 bits per heavy atom. The monoisotopic (exact) mass is 491 g/mol. The summed E-state index contributed by atoms with van der Waals surface area (Å²) in [6.07, 6.45) is 2.31. The van der Waals surface area contributed by atoms with E-state index in [1.165, 1.54) is 4.90 Å². The highest BCUT2D eigenvalue weighted by Crippen LogP contribution is 2.22. The molecule has 1 saturated heterocycles. The number of nitrogens with one attached hydrogen (secondary N) is 2. The molecule has 1 aliphatic rings. The summed E-state index contributed by atoms with van der Waals surface area (Å²) in [4.78, 5) is 28.7. The highest BCUT2D eigenvalue weighted by Gasteiger charge is 2.34. The third kappa shape index (κ3) is 6.69. The molecule has 2 N–H and O–H groups in total. The molecule has 0 unspecified atom stereocenters. The fraction of sp³-hybridized carbons (Fsp3) is 0.318. The zero-order valence-corrected chi connectivity index (χ0v) is 20.2. The van der Waals surface area contributed by atoms with Gasteiger partial charge in [0.25, 0.3) is 10.0 Å². The SMILES string of the molecule is CN(C)/C(=N/S(C)(=O)=O)c1ccc(NC(=O)[C@H]2CCCN2C(=O)Nc2ccc(Cl)cc2)cc1. The maximum absolute atomic E-state index is 12.9. The first-order valence-electron chi connectivity index (χ1n) is 10.3. The van der Waals surface area contributed by atoms with Gasteiger partial charge in [-0.3, -0.25) is 4.79 Å². The van der Waals surface area contributed by atoms with E-state index in [2.05, 4.69) is 15.0 Å². The lowest BCUT2D eigenvalue weighted by Crippen LogP contribution is -2.45. The second-order valence-electron chi connectivity index (χ2n) is 7.90. The molecule has 0 aliphatic carbocycles. The molecule has 0 bridgehead atoms. The van der Waals surface area contributed by atoms with Gasteiger partial charge in [0.2, 0.25) is 5.91 Å². The van der Waals surface area contributed by atoms with Crippen LogP contribution < -0.4 is 10.6 Å². The number of carbonyl (C=O) groups excluding carboxylic acids is 2. The highest BCUT2D eigenvalue weighted by atomic mass is 35.5. The van der Waals surface area contributed by atoms with Crippen molar-refractivity contribution in [1.82, 2.24) is 9.80 Å². The number of halogens is 1. The van der Waals surface area contributed by atoms with Gasteiger partial charge in [0.05, 0.1) is 6.26 Å². The van der Waals surface area contributed by atoms with Gasteiger partial charge in [0.1, 0.15) is 11.9 Å². The average Bonchev–Trinajstić information content (AvgIpc) is 3.24. The smallest absolute Gasteiger partial charge is 0.322 e. The normalized spacial score (nSPS) is 16.4. The first-order valence-corrected chi connectivity index (χ1v) is 12.5. The van der Waals surface area contributed by atoms with Crippen molar-refractivity contribution in [3.8, 4) is 0 Å². The lowest BCUT2D eigenvalue weighted by atomic mass is 10.1. The van der Waals surface area contributed by atoms with Crippen molar-refractivity contribution in [1.29, 1.82) is 0 Å². The minimum Gasteiger partial charge on any atom is -0.362 e. The van der Waals surface area contributed by atoms with Gasteiger partial charge in [0, 0.05) is 42.6 Å². The zero-order chi connectivity index (χ0) is 24.2. The Balaban J connectivity index is 1.68. The Hall–Kier alpha value is -3.11. The summed E-state index contributed by atoms with van der Waals surface area (Å²) in [5, 5.41) is 6.19. The van der Waals surface area contributed by atoms with Crippen LogP contribution in [0.25, 0.3) is 0 Å². The maximum atomic E-state index is 12.9. The molecule has 3 rings (SSSR count). The number of rotatable bonds is 5. The van der Waals surface area contributed by atoms with Gasteiger partial charge in [-0.25, -0.2) is 13.2 Å². The molecule has 11 heteroatoms. The molecular weight excluding hydrogens is 466 g/mol. The van der Waals surface area contributed by atoms with Gasteiger partial charge in [-0.2, -0.15) is 0 Å². The predicted octanol–water partition coefficient (Wildman–Crippen LogP) is 3.24. The summed E-state index contributed by atoms with van der Waals surface area (Å²) in [5.74, 6) is 0.000331. The Morgan fingerprint density at radius 1 is 1.03 bits per heavy atom. The van der Waals surface area contributed by atoms with Crippen LogP contribution in [0.2, 0.25) is 5.02 Å². The molecule has 0 spiro atoms. The Labute approximate surface area is 198 Å². The van der Waals surface area contributed by atoms with Crippen molar-refractivity contribution in [2.75, 3.05) is 37.5 Å². The first-order chi connectivity index (χ1) is 15.5. The molecule has 9 nitrogen and oxygen atoms in total. The van der Waals surface area contributed by atoms with E-state index < -0.39 is 16.1 Å². The van der Waals surface area contributed by atoms with Gasteiger partial charge in [-0.15, -0.1) is 4.40 Å². The van der Waals surface area contributed by atoms with E-state index in [1.807, 2.05) is 0 Å². The zero-order valence-electron chi connectivity index (χ0n) is 18.6. The Kier molecular flexibility index (Phi) is 7.60. The summed E-state index contributed by atoms with van der Waals surface area (Å²) in [7, 11) is -0.173. The third-order valence-electron chi connectivity index (χ3n) is 5.00. The van der Waals surface area contributed by atoms with Crippen LogP contribution in [0.5, 0.6) is 0 Å². The number of hydrogen-bond acceptors (Lipinski definition) is 4. The van der Waals surface area contributed by atoms with Crippen LogP contribution in [0.1, 0.15) is 18.4 Å². The van der Waals surface area contributed by atoms with Crippen LogP contribution in [0, 0.1) is 0 Å². The third-order valence-corrected chi connectivity index (χ3v) is 5.75. The number of nitrogens with zero attached hydrogens (tertiary/aromatic N) is 3. The summed E-state index contributed by atoms with van der Waals surface area (Å²) in [6.45, 7) is 0.477. The number of hydrogen-bond donors (Lipinski definition) is 2. The molecule has 1 fully saturated rings. The molecule has 2 aromatic rings. The molecule has 1 aliphatic heterocycles. The van der Waals surface area contributed by atoms with Gasteiger partial charge < -0.3 is 20.4 Å². The Bertz CT molecular complexity index is 1150. The molecule has 3 amide bonds. The van der Waals surface area contributed by atoms with Crippen molar-refractivity contribution in [2.45, 2.75) is 18.9 Å². The van der Waals surface area contributed by atoms with Crippen molar-refractivity contribution in [3.05, 3.63) is 59.1 Å². The minimum absolute atomic E-state index is 0.288.